The van der Waals surface area contributed by atoms with Crippen LogP contribution in [0, 0.1) is 13.8 Å². The number of hydrogen-bond acceptors (Lipinski definition) is 3. The molecule has 110 valence electrons. The molecule has 0 unspecified atom stereocenters. The van der Waals surface area contributed by atoms with Gasteiger partial charge in [-0.05, 0) is 51.8 Å². The maximum atomic E-state index is 4.82. The van der Waals surface area contributed by atoms with Crippen LogP contribution in [0.4, 0.5) is 5.82 Å². The van der Waals surface area contributed by atoms with Gasteiger partial charge in [0.1, 0.15) is 5.82 Å². The Balaban J connectivity index is 2.25. The Morgan fingerprint density at radius 1 is 1.30 bits per heavy atom. The van der Waals surface area contributed by atoms with Crippen LogP contribution in [0.5, 0.6) is 0 Å². The molecule has 2 rings (SSSR count). The van der Waals surface area contributed by atoms with E-state index in [2.05, 4.69) is 50.1 Å². The van der Waals surface area contributed by atoms with Crippen molar-refractivity contribution in [3.05, 3.63) is 34.5 Å². The molecule has 1 aromatic rings. The number of anilines is 1. The lowest BCUT2D eigenvalue weighted by Crippen LogP contribution is -2.31. The Kier molecular flexibility index (Phi) is 5.18. The summed E-state index contributed by atoms with van der Waals surface area (Å²) in [5, 5.41) is 3.52. The van der Waals surface area contributed by atoms with Gasteiger partial charge in [0.05, 0.1) is 0 Å². The SMILES string of the molecule is CCCNCc1c(C)cc(C)nc1N1CC=C(C)CC1. The smallest absolute Gasteiger partial charge is 0.133 e. The first-order chi connectivity index (χ1) is 9.61. The van der Waals surface area contributed by atoms with Crippen LogP contribution in [0.3, 0.4) is 0 Å². The van der Waals surface area contributed by atoms with E-state index in [1.165, 1.54) is 28.9 Å². The van der Waals surface area contributed by atoms with E-state index in [0.29, 0.717) is 0 Å². The highest BCUT2D eigenvalue weighted by atomic mass is 15.2. The van der Waals surface area contributed by atoms with Gasteiger partial charge in [0.15, 0.2) is 0 Å². The number of aryl methyl sites for hydroxylation is 2. The molecule has 0 aliphatic carbocycles. The van der Waals surface area contributed by atoms with E-state index in [1.807, 2.05) is 0 Å². The molecule has 0 fully saturated rings. The zero-order valence-electron chi connectivity index (χ0n) is 13.3. The summed E-state index contributed by atoms with van der Waals surface area (Å²) in [6.45, 7) is 12.8. The van der Waals surface area contributed by atoms with E-state index < -0.39 is 0 Å². The summed E-state index contributed by atoms with van der Waals surface area (Å²) in [6, 6.07) is 2.19. The van der Waals surface area contributed by atoms with Gasteiger partial charge in [0.2, 0.25) is 0 Å². The molecule has 3 nitrogen and oxygen atoms in total. The fourth-order valence-electron chi connectivity index (χ4n) is 2.68. The summed E-state index contributed by atoms with van der Waals surface area (Å²) in [5.41, 5.74) is 5.32. The number of nitrogens with one attached hydrogen (secondary N) is 1. The molecule has 0 bridgehead atoms. The molecule has 1 aromatic heterocycles. The predicted molar refractivity (Wildman–Crippen MR) is 86.3 cm³/mol. The van der Waals surface area contributed by atoms with E-state index in [9.17, 15) is 0 Å². The molecule has 0 aromatic carbocycles. The molecule has 2 heterocycles. The highest BCUT2D eigenvalue weighted by Crippen LogP contribution is 2.25. The number of rotatable bonds is 5. The zero-order valence-corrected chi connectivity index (χ0v) is 13.3. The predicted octanol–water partition coefficient (Wildman–Crippen LogP) is 3.35. The first-order valence-corrected chi connectivity index (χ1v) is 7.70. The molecule has 1 N–H and O–H groups in total. The lowest BCUT2D eigenvalue weighted by molar-refractivity contribution is 0.665. The lowest BCUT2D eigenvalue weighted by Gasteiger charge is -2.29. The zero-order chi connectivity index (χ0) is 14.5. The second-order valence-corrected chi connectivity index (χ2v) is 5.81. The van der Waals surface area contributed by atoms with Gasteiger partial charge in [0, 0.05) is 30.9 Å². The minimum Gasteiger partial charge on any atom is -0.352 e. The standard InChI is InChI=1S/C17H27N3/c1-5-8-18-12-16-14(3)11-15(4)19-17(16)20-9-6-13(2)7-10-20/h6,11,18H,5,7-10,12H2,1-4H3. The first-order valence-electron chi connectivity index (χ1n) is 7.70. The van der Waals surface area contributed by atoms with Crippen LogP contribution in [0.2, 0.25) is 0 Å². The van der Waals surface area contributed by atoms with E-state index in [4.69, 9.17) is 4.98 Å². The molecule has 0 atom stereocenters. The fourth-order valence-corrected chi connectivity index (χ4v) is 2.68. The van der Waals surface area contributed by atoms with E-state index in [0.717, 1.165) is 38.3 Å². The third kappa shape index (κ3) is 3.60. The molecule has 0 spiro atoms. The highest BCUT2D eigenvalue weighted by Gasteiger charge is 2.17. The van der Waals surface area contributed by atoms with Crippen LogP contribution in [0.15, 0.2) is 17.7 Å². The van der Waals surface area contributed by atoms with Crippen LogP contribution >= 0.6 is 0 Å². The van der Waals surface area contributed by atoms with Crippen molar-refractivity contribution in [2.24, 2.45) is 0 Å². The largest absolute Gasteiger partial charge is 0.352 e. The van der Waals surface area contributed by atoms with Gasteiger partial charge in [-0.15, -0.1) is 0 Å². The van der Waals surface area contributed by atoms with Gasteiger partial charge in [0.25, 0.3) is 0 Å². The molecule has 1 aliphatic heterocycles. The Morgan fingerprint density at radius 2 is 2.10 bits per heavy atom. The number of hydrogen-bond donors (Lipinski definition) is 1. The maximum absolute atomic E-state index is 4.82. The van der Waals surface area contributed by atoms with Gasteiger partial charge >= 0.3 is 0 Å². The monoisotopic (exact) mass is 273 g/mol. The second kappa shape index (κ2) is 6.89. The van der Waals surface area contributed by atoms with Crippen molar-refractivity contribution in [1.82, 2.24) is 10.3 Å². The van der Waals surface area contributed by atoms with Crippen molar-refractivity contribution in [2.75, 3.05) is 24.5 Å². The highest BCUT2D eigenvalue weighted by molar-refractivity contribution is 5.53. The summed E-state index contributed by atoms with van der Waals surface area (Å²) >= 11 is 0. The van der Waals surface area contributed by atoms with Crippen molar-refractivity contribution in [3.8, 4) is 0 Å². The maximum Gasteiger partial charge on any atom is 0.133 e. The molecular formula is C17H27N3. The van der Waals surface area contributed by atoms with Crippen molar-refractivity contribution >= 4 is 5.82 Å². The van der Waals surface area contributed by atoms with Gasteiger partial charge in [-0.3, -0.25) is 0 Å². The van der Waals surface area contributed by atoms with E-state index in [-0.39, 0.29) is 0 Å². The number of aromatic nitrogens is 1. The third-order valence-electron chi connectivity index (χ3n) is 3.92. The van der Waals surface area contributed by atoms with Crippen LogP contribution in [-0.4, -0.2) is 24.6 Å². The Morgan fingerprint density at radius 3 is 2.75 bits per heavy atom. The summed E-state index contributed by atoms with van der Waals surface area (Å²) < 4.78 is 0. The van der Waals surface area contributed by atoms with Gasteiger partial charge in [-0.2, -0.15) is 0 Å². The Hall–Kier alpha value is -1.35. The van der Waals surface area contributed by atoms with E-state index in [1.54, 1.807) is 0 Å². The average molecular weight is 273 g/mol. The number of pyridine rings is 1. The van der Waals surface area contributed by atoms with Crippen molar-refractivity contribution in [2.45, 2.75) is 47.1 Å². The number of nitrogens with zero attached hydrogens (tertiary/aromatic N) is 2. The molecule has 3 heteroatoms. The quantitative estimate of drug-likeness (QED) is 0.658. The van der Waals surface area contributed by atoms with Crippen molar-refractivity contribution in [3.63, 3.8) is 0 Å². The van der Waals surface area contributed by atoms with Crippen LogP contribution in [0.1, 0.15) is 43.5 Å². The van der Waals surface area contributed by atoms with Crippen LogP contribution in [-0.2, 0) is 6.54 Å². The van der Waals surface area contributed by atoms with Gasteiger partial charge in [-0.1, -0.05) is 18.6 Å². The summed E-state index contributed by atoms with van der Waals surface area (Å²) in [6.07, 6.45) is 4.64. The minimum atomic E-state index is 0.918. The molecular weight excluding hydrogens is 246 g/mol. The molecule has 0 saturated carbocycles. The van der Waals surface area contributed by atoms with E-state index >= 15 is 0 Å². The molecule has 0 amide bonds. The van der Waals surface area contributed by atoms with Crippen molar-refractivity contribution in [1.29, 1.82) is 0 Å². The summed E-state index contributed by atoms with van der Waals surface area (Å²) in [7, 11) is 0. The van der Waals surface area contributed by atoms with Gasteiger partial charge in [-0.25, -0.2) is 4.98 Å². The summed E-state index contributed by atoms with van der Waals surface area (Å²) in [4.78, 5) is 7.23. The topological polar surface area (TPSA) is 28.2 Å². The Bertz CT molecular complexity index is 491. The van der Waals surface area contributed by atoms with Crippen LogP contribution < -0.4 is 10.2 Å². The molecule has 0 radical (unpaired) electrons. The normalized spacial score (nSPS) is 15.4. The van der Waals surface area contributed by atoms with Crippen molar-refractivity contribution < 1.29 is 0 Å². The lowest BCUT2D eigenvalue weighted by atomic mass is 10.1. The average Bonchev–Trinajstić information content (AvgIpc) is 2.42. The van der Waals surface area contributed by atoms with Crippen LogP contribution in [0.25, 0.3) is 0 Å². The summed E-state index contributed by atoms with van der Waals surface area (Å²) in [5.74, 6) is 1.18. The molecule has 20 heavy (non-hydrogen) atoms. The molecule has 1 aliphatic rings. The molecule has 0 saturated heterocycles. The fraction of sp³-hybridized carbons (Fsp3) is 0.588. The second-order valence-electron chi connectivity index (χ2n) is 5.81. The third-order valence-corrected chi connectivity index (χ3v) is 3.92. The minimum absolute atomic E-state index is 0.918. The Labute approximate surface area is 123 Å². The van der Waals surface area contributed by atoms with Gasteiger partial charge < -0.3 is 10.2 Å². The first kappa shape index (κ1) is 15.0.